The van der Waals surface area contributed by atoms with Crippen LogP contribution in [0.1, 0.15) is 35.3 Å². The number of anilines is 2. The molecule has 1 amide bonds. The van der Waals surface area contributed by atoms with Crippen molar-refractivity contribution in [1.82, 2.24) is 10.2 Å². The molecule has 0 spiro atoms. The molecule has 154 valence electrons. The van der Waals surface area contributed by atoms with Crippen molar-refractivity contribution in [2.75, 3.05) is 42.9 Å². The van der Waals surface area contributed by atoms with Crippen LogP contribution in [0.4, 0.5) is 15.8 Å². The molecule has 2 N–H and O–H groups in total. The van der Waals surface area contributed by atoms with Crippen LogP contribution in [0.3, 0.4) is 0 Å². The molecular weight excluding hydrogens is 367 g/mol. The lowest BCUT2D eigenvalue weighted by Crippen LogP contribution is -2.48. The van der Waals surface area contributed by atoms with Gasteiger partial charge in [0.15, 0.2) is 0 Å². The largest absolute Gasteiger partial charge is 0.369 e. The lowest BCUT2D eigenvalue weighted by atomic mass is 9.99. The molecule has 1 saturated heterocycles. The van der Waals surface area contributed by atoms with Crippen molar-refractivity contribution in [3.8, 4) is 0 Å². The molecule has 0 saturated carbocycles. The van der Waals surface area contributed by atoms with E-state index in [2.05, 4.69) is 34.3 Å². The van der Waals surface area contributed by atoms with E-state index in [1.54, 1.807) is 6.07 Å². The second kappa shape index (κ2) is 8.51. The number of benzene rings is 2. The van der Waals surface area contributed by atoms with Crippen LogP contribution in [0.25, 0.3) is 0 Å². The van der Waals surface area contributed by atoms with Gasteiger partial charge in [-0.3, -0.25) is 9.69 Å². The fourth-order valence-corrected chi connectivity index (χ4v) is 4.14. The minimum absolute atomic E-state index is 0.254. The maximum atomic E-state index is 14.8. The third-order valence-corrected chi connectivity index (χ3v) is 5.99. The Labute approximate surface area is 171 Å². The normalized spacial score (nSPS) is 17.3. The van der Waals surface area contributed by atoms with Gasteiger partial charge in [-0.1, -0.05) is 6.07 Å². The van der Waals surface area contributed by atoms with Crippen molar-refractivity contribution < 1.29 is 9.18 Å². The van der Waals surface area contributed by atoms with Crippen LogP contribution in [-0.4, -0.2) is 49.6 Å². The zero-order valence-electron chi connectivity index (χ0n) is 17.2. The number of hydrogen-bond donors (Lipinski definition) is 2. The number of hydrogen-bond acceptors (Lipinski definition) is 4. The van der Waals surface area contributed by atoms with Gasteiger partial charge in [0, 0.05) is 50.0 Å². The van der Waals surface area contributed by atoms with Gasteiger partial charge in [-0.05, 0) is 68.3 Å². The number of nitrogens with one attached hydrogen (secondary N) is 2. The smallest absolute Gasteiger partial charge is 0.255 e. The third kappa shape index (κ3) is 4.28. The molecule has 0 atom stereocenters. The zero-order valence-corrected chi connectivity index (χ0v) is 17.2. The van der Waals surface area contributed by atoms with E-state index in [4.69, 9.17) is 0 Å². The summed E-state index contributed by atoms with van der Waals surface area (Å²) in [6.45, 7) is 9.95. The lowest BCUT2D eigenvalue weighted by molar-refractivity contribution is 0.102. The maximum absolute atomic E-state index is 14.8. The predicted octanol–water partition coefficient (Wildman–Crippen LogP) is 3.25. The fraction of sp³-hybridized carbons (Fsp3) is 0.435. The highest BCUT2D eigenvalue weighted by Crippen LogP contribution is 2.25. The molecule has 2 aromatic rings. The highest BCUT2D eigenvalue weighted by atomic mass is 19.1. The van der Waals surface area contributed by atoms with Crippen LogP contribution in [-0.2, 0) is 13.0 Å². The van der Waals surface area contributed by atoms with E-state index < -0.39 is 0 Å². The molecule has 0 bridgehead atoms. The summed E-state index contributed by atoms with van der Waals surface area (Å²) >= 11 is 0. The summed E-state index contributed by atoms with van der Waals surface area (Å²) in [5.74, 6) is -0.592. The van der Waals surface area contributed by atoms with Gasteiger partial charge >= 0.3 is 0 Å². The van der Waals surface area contributed by atoms with Crippen LogP contribution in [0, 0.1) is 5.82 Å². The topological polar surface area (TPSA) is 47.6 Å². The van der Waals surface area contributed by atoms with Gasteiger partial charge < -0.3 is 15.5 Å². The van der Waals surface area contributed by atoms with E-state index >= 15 is 0 Å². The monoisotopic (exact) mass is 396 g/mol. The number of carbonyl (C=O) groups is 1. The summed E-state index contributed by atoms with van der Waals surface area (Å²) in [6, 6.07) is 11.7. The predicted molar refractivity (Wildman–Crippen MR) is 115 cm³/mol. The zero-order chi connectivity index (χ0) is 20.4. The van der Waals surface area contributed by atoms with E-state index in [0.29, 0.717) is 30.1 Å². The molecule has 2 aliphatic heterocycles. The van der Waals surface area contributed by atoms with Crippen LogP contribution in [0.2, 0.25) is 0 Å². The van der Waals surface area contributed by atoms with Gasteiger partial charge in [-0.25, -0.2) is 4.39 Å². The number of halogens is 1. The molecular formula is C23H29FN4O. The summed E-state index contributed by atoms with van der Waals surface area (Å²) in [7, 11) is 0. The van der Waals surface area contributed by atoms with E-state index in [1.807, 2.05) is 30.3 Å². The number of piperazine rings is 1. The minimum Gasteiger partial charge on any atom is -0.369 e. The summed E-state index contributed by atoms with van der Waals surface area (Å²) < 4.78 is 14.8. The van der Waals surface area contributed by atoms with Gasteiger partial charge in [0.1, 0.15) is 5.82 Å². The lowest BCUT2D eigenvalue weighted by Gasteiger charge is -2.38. The molecule has 0 unspecified atom stereocenters. The second-order valence-corrected chi connectivity index (χ2v) is 8.11. The number of rotatable bonds is 4. The fourth-order valence-electron chi connectivity index (χ4n) is 4.14. The van der Waals surface area contributed by atoms with E-state index in [9.17, 15) is 9.18 Å². The average molecular weight is 397 g/mol. The highest BCUT2D eigenvalue weighted by molar-refractivity contribution is 6.04. The Bertz CT molecular complexity index is 873. The number of amides is 1. The Hall–Kier alpha value is -2.44. The minimum atomic E-state index is -0.308. The molecule has 4 rings (SSSR count). The van der Waals surface area contributed by atoms with Gasteiger partial charge in [0.05, 0.1) is 5.69 Å². The molecule has 2 aromatic carbocycles. The summed E-state index contributed by atoms with van der Waals surface area (Å²) in [5.41, 5.74) is 3.58. The van der Waals surface area contributed by atoms with Crippen molar-refractivity contribution in [1.29, 1.82) is 0 Å². The Morgan fingerprint density at radius 1 is 1.07 bits per heavy atom. The van der Waals surface area contributed by atoms with E-state index in [1.165, 1.54) is 0 Å². The Balaban J connectivity index is 1.41. The molecule has 6 heteroatoms. The quantitative estimate of drug-likeness (QED) is 0.833. The van der Waals surface area contributed by atoms with Gasteiger partial charge in [0.25, 0.3) is 5.91 Å². The van der Waals surface area contributed by atoms with Crippen LogP contribution in [0.15, 0.2) is 36.4 Å². The first-order chi connectivity index (χ1) is 14.0. The molecule has 0 aliphatic carbocycles. The van der Waals surface area contributed by atoms with Crippen LogP contribution < -0.4 is 15.5 Å². The van der Waals surface area contributed by atoms with Crippen molar-refractivity contribution >= 4 is 17.3 Å². The summed E-state index contributed by atoms with van der Waals surface area (Å²) in [4.78, 5) is 17.4. The molecule has 2 aliphatic rings. The highest BCUT2D eigenvalue weighted by Gasteiger charge is 2.20. The Kier molecular flexibility index (Phi) is 5.83. The van der Waals surface area contributed by atoms with Gasteiger partial charge in [0.2, 0.25) is 0 Å². The summed E-state index contributed by atoms with van der Waals surface area (Å²) in [6.07, 6.45) is 0.643. The van der Waals surface area contributed by atoms with Crippen molar-refractivity contribution in [2.45, 2.75) is 32.9 Å². The van der Waals surface area contributed by atoms with Crippen LogP contribution in [0.5, 0.6) is 0 Å². The first-order valence-electron chi connectivity index (χ1n) is 10.4. The van der Waals surface area contributed by atoms with Gasteiger partial charge in [-0.2, -0.15) is 0 Å². The Morgan fingerprint density at radius 3 is 2.48 bits per heavy atom. The number of carbonyl (C=O) groups excluding carboxylic acids is 1. The molecule has 5 nitrogen and oxygen atoms in total. The third-order valence-electron chi connectivity index (χ3n) is 5.99. The SMILES string of the molecule is CC(C)N1CCN(c2ccc(C(=O)Nc3ccc4c(c3F)CCNC4)cc2)CC1. The average Bonchev–Trinajstić information content (AvgIpc) is 2.76. The van der Waals surface area contributed by atoms with E-state index in [0.717, 1.165) is 44.0 Å². The van der Waals surface area contributed by atoms with E-state index in [-0.39, 0.29) is 17.4 Å². The molecule has 1 fully saturated rings. The van der Waals surface area contributed by atoms with Crippen LogP contribution >= 0.6 is 0 Å². The first kappa shape index (κ1) is 19.9. The maximum Gasteiger partial charge on any atom is 0.255 e. The molecule has 29 heavy (non-hydrogen) atoms. The molecule has 0 radical (unpaired) electrons. The standard InChI is InChI=1S/C23H29FN4O/c1-16(2)27-11-13-28(14-12-27)19-6-3-17(4-7-19)23(29)26-21-8-5-18-15-25-10-9-20(18)22(21)24/h3-8,16,25H,9-15H2,1-2H3,(H,26,29). The number of fused-ring (bicyclic) bond motifs is 1. The molecule has 2 heterocycles. The molecule has 0 aromatic heterocycles. The van der Waals surface area contributed by atoms with Crippen molar-refractivity contribution in [2.24, 2.45) is 0 Å². The first-order valence-corrected chi connectivity index (χ1v) is 10.4. The summed E-state index contributed by atoms with van der Waals surface area (Å²) in [5, 5.41) is 5.97. The number of nitrogens with zero attached hydrogens (tertiary/aromatic N) is 2. The van der Waals surface area contributed by atoms with Crippen molar-refractivity contribution in [3.05, 3.63) is 58.9 Å². The second-order valence-electron chi connectivity index (χ2n) is 8.11. The van der Waals surface area contributed by atoms with Gasteiger partial charge in [-0.15, -0.1) is 0 Å². The van der Waals surface area contributed by atoms with Crippen molar-refractivity contribution in [3.63, 3.8) is 0 Å². The Morgan fingerprint density at radius 2 is 1.79 bits per heavy atom.